The predicted octanol–water partition coefficient (Wildman–Crippen LogP) is 5.39. The molecular formula is C17H10F8O6. The lowest BCUT2D eigenvalue weighted by Crippen LogP contribution is -2.18. The highest BCUT2D eigenvalue weighted by atomic mass is 19.4. The summed E-state index contributed by atoms with van der Waals surface area (Å²) in [5.41, 5.74) is -3.63. The summed E-state index contributed by atoms with van der Waals surface area (Å²) in [5.74, 6) is -11.6. The second kappa shape index (κ2) is 8.35. The Bertz CT molecular complexity index is 1000. The van der Waals surface area contributed by atoms with E-state index in [1.54, 1.807) is 0 Å². The van der Waals surface area contributed by atoms with Crippen LogP contribution in [0.5, 0.6) is 28.7 Å². The van der Waals surface area contributed by atoms with Gasteiger partial charge in [0.2, 0.25) is 11.6 Å². The van der Waals surface area contributed by atoms with Crippen molar-refractivity contribution in [1.82, 2.24) is 0 Å². The zero-order valence-corrected chi connectivity index (χ0v) is 15.2. The molecule has 0 unspecified atom stereocenters. The Kier molecular flexibility index (Phi) is 6.42. The van der Waals surface area contributed by atoms with Gasteiger partial charge >= 0.3 is 18.5 Å². The molecule has 0 aliphatic heterocycles. The lowest BCUT2D eigenvalue weighted by molar-refractivity contribution is -0.275. The number of halogens is 8. The fourth-order valence-electron chi connectivity index (χ4n) is 2.42. The fourth-order valence-corrected chi connectivity index (χ4v) is 2.42. The molecule has 0 saturated heterocycles. The molecule has 0 aliphatic rings. The van der Waals surface area contributed by atoms with Crippen molar-refractivity contribution in [2.75, 3.05) is 14.2 Å². The van der Waals surface area contributed by atoms with Crippen LogP contribution >= 0.6 is 0 Å². The summed E-state index contributed by atoms with van der Waals surface area (Å²) in [5, 5.41) is 9.15. The average molecular weight is 462 g/mol. The van der Waals surface area contributed by atoms with Crippen molar-refractivity contribution in [1.29, 1.82) is 0 Å². The summed E-state index contributed by atoms with van der Waals surface area (Å²) in [7, 11) is 1.53. The van der Waals surface area contributed by atoms with Crippen molar-refractivity contribution < 1.29 is 64.0 Å². The van der Waals surface area contributed by atoms with E-state index < -0.39 is 70.0 Å². The van der Waals surface area contributed by atoms with Gasteiger partial charge in [-0.1, -0.05) is 0 Å². The van der Waals surface area contributed by atoms with Crippen molar-refractivity contribution in [2.45, 2.75) is 12.5 Å². The van der Waals surface area contributed by atoms with Gasteiger partial charge in [-0.2, -0.15) is 17.6 Å². The van der Waals surface area contributed by atoms with Crippen LogP contribution in [0.2, 0.25) is 0 Å². The SMILES string of the molecule is COc1cc(Oc2ccc(OC(F)(F)F)c(F)c2OC)c(C(=O)O)c(F)c1C(F)(F)F. The van der Waals surface area contributed by atoms with Gasteiger partial charge in [-0.15, -0.1) is 13.2 Å². The van der Waals surface area contributed by atoms with Crippen molar-refractivity contribution in [3.63, 3.8) is 0 Å². The quantitative estimate of drug-likeness (QED) is 0.581. The Morgan fingerprint density at radius 3 is 1.90 bits per heavy atom. The van der Waals surface area contributed by atoms with Crippen LogP contribution in [0.3, 0.4) is 0 Å². The number of carbonyl (C=O) groups is 1. The maximum atomic E-state index is 14.4. The molecule has 0 radical (unpaired) electrons. The van der Waals surface area contributed by atoms with E-state index >= 15 is 0 Å². The number of carboxylic acid groups (broad SMARTS) is 1. The second-order valence-electron chi connectivity index (χ2n) is 5.50. The summed E-state index contributed by atoms with van der Waals surface area (Å²) in [6.07, 6.45) is -10.6. The number of hydrogen-bond donors (Lipinski definition) is 1. The van der Waals surface area contributed by atoms with E-state index in [0.29, 0.717) is 18.2 Å². The number of rotatable bonds is 6. The normalized spacial score (nSPS) is 11.8. The van der Waals surface area contributed by atoms with Gasteiger partial charge in [-0.3, -0.25) is 0 Å². The van der Waals surface area contributed by atoms with Crippen molar-refractivity contribution >= 4 is 5.97 Å². The van der Waals surface area contributed by atoms with Crippen LogP contribution in [-0.4, -0.2) is 31.7 Å². The van der Waals surface area contributed by atoms with Crippen LogP contribution in [0.25, 0.3) is 0 Å². The zero-order chi connectivity index (χ0) is 23.7. The summed E-state index contributed by atoms with van der Waals surface area (Å²) in [6.45, 7) is 0. The molecule has 0 saturated carbocycles. The molecule has 6 nitrogen and oxygen atoms in total. The Balaban J connectivity index is 2.67. The van der Waals surface area contributed by atoms with E-state index in [4.69, 9.17) is 9.84 Å². The number of aromatic carboxylic acids is 1. The summed E-state index contributed by atoms with van der Waals surface area (Å²) >= 11 is 0. The average Bonchev–Trinajstić information content (AvgIpc) is 2.61. The van der Waals surface area contributed by atoms with Crippen LogP contribution in [-0.2, 0) is 6.18 Å². The molecule has 2 rings (SSSR count). The van der Waals surface area contributed by atoms with Crippen LogP contribution in [0.1, 0.15) is 15.9 Å². The van der Waals surface area contributed by atoms with Gasteiger partial charge in [0.05, 0.1) is 14.2 Å². The lowest BCUT2D eigenvalue weighted by Gasteiger charge is -2.19. The molecule has 14 heteroatoms. The molecule has 31 heavy (non-hydrogen) atoms. The number of alkyl halides is 6. The summed E-state index contributed by atoms with van der Waals surface area (Å²) in [4.78, 5) is 11.4. The maximum absolute atomic E-state index is 14.4. The van der Waals surface area contributed by atoms with Crippen molar-refractivity contribution in [3.05, 3.63) is 41.0 Å². The van der Waals surface area contributed by atoms with Gasteiger partial charge in [0.25, 0.3) is 0 Å². The van der Waals surface area contributed by atoms with Crippen LogP contribution in [0, 0.1) is 11.6 Å². The molecule has 0 aliphatic carbocycles. The topological polar surface area (TPSA) is 74.2 Å². The van der Waals surface area contributed by atoms with Gasteiger partial charge in [-0.25, -0.2) is 9.18 Å². The number of methoxy groups -OCH3 is 2. The van der Waals surface area contributed by atoms with Crippen LogP contribution < -0.4 is 18.9 Å². The summed E-state index contributed by atoms with van der Waals surface area (Å²) < 4.78 is 122. The van der Waals surface area contributed by atoms with E-state index in [1.807, 2.05) is 0 Å². The highest BCUT2D eigenvalue weighted by Crippen LogP contribution is 2.45. The minimum atomic E-state index is -5.35. The summed E-state index contributed by atoms with van der Waals surface area (Å²) in [6, 6.07) is 1.43. The number of ether oxygens (including phenoxy) is 4. The Morgan fingerprint density at radius 1 is 0.871 bits per heavy atom. The maximum Gasteiger partial charge on any atom is 0.573 e. The fraction of sp³-hybridized carbons (Fsp3) is 0.235. The van der Waals surface area contributed by atoms with E-state index in [0.717, 1.165) is 14.2 Å². The molecular weight excluding hydrogens is 452 g/mol. The van der Waals surface area contributed by atoms with Gasteiger partial charge in [0.15, 0.2) is 17.3 Å². The first kappa shape index (κ1) is 23.8. The number of hydrogen-bond acceptors (Lipinski definition) is 5. The van der Waals surface area contributed by atoms with Gasteiger partial charge in [0.1, 0.15) is 22.6 Å². The molecule has 0 spiro atoms. The molecule has 0 heterocycles. The molecule has 170 valence electrons. The Morgan fingerprint density at radius 2 is 1.45 bits per heavy atom. The zero-order valence-electron chi connectivity index (χ0n) is 15.2. The highest BCUT2D eigenvalue weighted by molar-refractivity contribution is 5.92. The number of benzene rings is 2. The van der Waals surface area contributed by atoms with Crippen LogP contribution in [0.4, 0.5) is 35.1 Å². The first-order valence-electron chi connectivity index (χ1n) is 7.72. The van der Waals surface area contributed by atoms with E-state index in [2.05, 4.69) is 14.2 Å². The lowest BCUT2D eigenvalue weighted by atomic mass is 10.1. The minimum absolute atomic E-state index is 0.368. The number of carboxylic acids is 1. The van der Waals surface area contributed by atoms with Crippen molar-refractivity contribution in [3.8, 4) is 28.7 Å². The molecule has 0 amide bonds. The highest BCUT2D eigenvalue weighted by Gasteiger charge is 2.42. The third-order valence-corrected chi connectivity index (χ3v) is 3.59. The minimum Gasteiger partial charge on any atom is -0.496 e. The molecule has 2 aromatic carbocycles. The van der Waals surface area contributed by atoms with E-state index in [1.165, 1.54) is 0 Å². The first-order valence-corrected chi connectivity index (χ1v) is 7.72. The van der Waals surface area contributed by atoms with E-state index in [-0.39, 0.29) is 0 Å². The monoisotopic (exact) mass is 462 g/mol. The van der Waals surface area contributed by atoms with Gasteiger partial charge < -0.3 is 24.1 Å². The smallest absolute Gasteiger partial charge is 0.496 e. The molecule has 2 aromatic rings. The predicted molar refractivity (Wildman–Crippen MR) is 84.6 cm³/mol. The third-order valence-electron chi connectivity index (χ3n) is 3.59. The third kappa shape index (κ3) is 5.00. The largest absolute Gasteiger partial charge is 0.573 e. The molecule has 0 atom stereocenters. The Labute approximate surface area is 167 Å². The van der Waals surface area contributed by atoms with E-state index in [9.17, 15) is 39.9 Å². The molecule has 0 bridgehead atoms. The molecule has 0 aromatic heterocycles. The van der Waals surface area contributed by atoms with Gasteiger partial charge in [0, 0.05) is 6.07 Å². The first-order chi connectivity index (χ1) is 14.2. The van der Waals surface area contributed by atoms with Gasteiger partial charge in [-0.05, 0) is 12.1 Å². The molecule has 1 N–H and O–H groups in total. The van der Waals surface area contributed by atoms with Crippen molar-refractivity contribution in [2.24, 2.45) is 0 Å². The Hall–Kier alpha value is -3.45. The van der Waals surface area contributed by atoms with Crippen LogP contribution in [0.15, 0.2) is 18.2 Å². The standard InChI is InChI=1S/C17H10F8O6/c1-28-9-5-8(10(15(26)27)13(19)11(9)16(20,21)22)30-7-4-3-6(31-17(23,24)25)12(18)14(7)29-2/h3-5H,1-2H3,(H,26,27). The molecule has 0 fully saturated rings. The second-order valence-corrected chi connectivity index (χ2v) is 5.50.